The van der Waals surface area contributed by atoms with Gasteiger partial charge in [-0.2, -0.15) is 0 Å². The molecule has 3 aromatic rings. The molecule has 3 aromatic carbocycles. The fourth-order valence-electron chi connectivity index (χ4n) is 2.17. The summed E-state index contributed by atoms with van der Waals surface area (Å²) < 4.78 is 0. The van der Waals surface area contributed by atoms with E-state index in [-0.39, 0.29) is 21.7 Å². The number of phenols is 3. The van der Waals surface area contributed by atoms with Crippen molar-refractivity contribution < 1.29 is 37.0 Å². The van der Waals surface area contributed by atoms with Gasteiger partial charge in [0, 0.05) is 21.7 Å². The van der Waals surface area contributed by atoms with Crippen LogP contribution in [0.5, 0.6) is 17.2 Å². The monoisotopic (exact) mass is 400 g/mol. The molecule has 1 aliphatic carbocycles. The molecular formula is C23H28O3Ti. The van der Waals surface area contributed by atoms with Crippen molar-refractivity contribution in [3.8, 4) is 17.2 Å². The van der Waals surface area contributed by atoms with Crippen molar-refractivity contribution in [2.45, 2.75) is 32.1 Å². The van der Waals surface area contributed by atoms with Gasteiger partial charge in [0.05, 0.1) is 0 Å². The van der Waals surface area contributed by atoms with Gasteiger partial charge in [0.15, 0.2) is 0 Å². The molecule has 0 atom stereocenters. The second-order valence-corrected chi connectivity index (χ2v) is 5.77. The van der Waals surface area contributed by atoms with E-state index in [0.29, 0.717) is 17.2 Å². The molecule has 4 heteroatoms. The molecule has 0 spiro atoms. The fraction of sp³-hybridized carbons (Fsp3) is 0.217. The molecule has 1 saturated carbocycles. The van der Waals surface area contributed by atoms with Crippen LogP contribution in [0.1, 0.15) is 32.1 Å². The van der Waals surface area contributed by atoms with Crippen molar-refractivity contribution in [3.63, 3.8) is 0 Å². The fourth-order valence-corrected chi connectivity index (χ4v) is 2.17. The van der Waals surface area contributed by atoms with Crippen LogP contribution in [0.25, 0.3) is 0 Å². The van der Waals surface area contributed by atoms with Crippen LogP contribution >= 0.6 is 0 Å². The predicted molar refractivity (Wildman–Crippen MR) is 107 cm³/mol. The molecule has 0 aromatic heterocycles. The molecule has 4 rings (SSSR count). The molecule has 0 heterocycles. The minimum atomic E-state index is 0. The maximum Gasteiger partial charge on any atom is 0.115 e. The molecular weight excluding hydrogens is 372 g/mol. The van der Waals surface area contributed by atoms with E-state index in [9.17, 15) is 0 Å². The van der Waals surface area contributed by atoms with Gasteiger partial charge in [-0.3, -0.25) is 0 Å². The largest absolute Gasteiger partial charge is 0.508 e. The van der Waals surface area contributed by atoms with Crippen molar-refractivity contribution in [1.29, 1.82) is 0 Å². The average Bonchev–Trinajstić information content (AvgIpc) is 3.25. The van der Waals surface area contributed by atoms with Gasteiger partial charge in [-0.05, 0) is 36.4 Å². The van der Waals surface area contributed by atoms with Gasteiger partial charge >= 0.3 is 0 Å². The number of aromatic hydroxyl groups is 3. The molecule has 0 amide bonds. The van der Waals surface area contributed by atoms with E-state index in [4.69, 9.17) is 15.3 Å². The Morgan fingerprint density at radius 2 is 0.556 bits per heavy atom. The summed E-state index contributed by atoms with van der Waals surface area (Å²) in [6, 6.07) is 26.1. The second kappa shape index (κ2) is 17.2. The zero-order valence-corrected chi connectivity index (χ0v) is 17.1. The Hall–Kier alpha value is -2.23. The smallest absolute Gasteiger partial charge is 0.115 e. The van der Waals surface area contributed by atoms with Crippen LogP contribution in [0.3, 0.4) is 0 Å². The Morgan fingerprint density at radius 3 is 0.667 bits per heavy atom. The Labute approximate surface area is 177 Å². The molecule has 3 nitrogen and oxygen atoms in total. The molecule has 0 radical (unpaired) electrons. The van der Waals surface area contributed by atoms with Gasteiger partial charge in [0.1, 0.15) is 17.2 Å². The number of hydrogen-bond donors (Lipinski definition) is 3. The van der Waals surface area contributed by atoms with Crippen LogP contribution in [-0.4, -0.2) is 15.3 Å². The van der Waals surface area contributed by atoms with Gasteiger partial charge in [0.2, 0.25) is 0 Å². The van der Waals surface area contributed by atoms with E-state index in [1.54, 1.807) is 72.8 Å². The first-order valence-electron chi connectivity index (χ1n) is 8.90. The van der Waals surface area contributed by atoms with Gasteiger partial charge in [-0.25, -0.2) is 0 Å². The maximum atomic E-state index is 8.63. The SMILES string of the molecule is C1CCCC1.Oc1ccccc1.Oc1ccccc1.Oc1ccccc1.[Ti]. The molecule has 3 N–H and O–H groups in total. The summed E-state index contributed by atoms with van der Waals surface area (Å²) in [5.74, 6) is 0.965. The second-order valence-electron chi connectivity index (χ2n) is 5.77. The zero-order chi connectivity index (χ0) is 18.9. The number of hydrogen-bond acceptors (Lipinski definition) is 3. The van der Waals surface area contributed by atoms with E-state index < -0.39 is 0 Å². The summed E-state index contributed by atoms with van der Waals surface area (Å²) in [5, 5.41) is 25.9. The van der Waals surface area contributed by atoms with Crippen molar-refractivity contribution in [3.05, 3.63) is 91.0 Å². The number of phenolic OH excluding ortho intramolecular Hbond substituents is 3. The van der Waals surface area contributed by atoms with Crippen LogP contribution in [0.15, 0.2) is 91.0 Å². The Morgan fingerprint density at radius 1 is 0.370 bits per heavy atom. The summed E-state index contributed by atoms with van der Waals surface area (Å²) in [7, 11) is 0. The summed E-state index contributed by atoms with van der Waals surface area (Å²) >= 11 is 0. The molecule has 142 valence electrons. The van der Waals surface area contributed by atoms with E-state index in [0.717, 1.165) is 0 Å². The first kappa shape index (κ1) is 24.8. The summed E-state index contributed by atoms with van der Waals surface area (Å²) in [6.07, 6.45) is 7.50. The molecule has 1 fully saturated rings. The Balaban J connectivity index is 0.000000332. The van der Waals surface area contributed by atoms with Crippen molar-refractivity contribution in [2.24, 2.45) is 0 Å². The third-order valence-electron chi connectivity index (χ3n) is 3.52. The third kappa shape index (κ3) is 15.7. The van der Waals surface area contributed by atoms with E-state index in [2.05, 4.69) is 0 Å². The van der Waals surface area contributed by atoms with Gasteiger partial charge < -0.3 is 15.3 Å². The van der Waals surface area contributed by atoms with Crippen LogP contribution < -0.4 is 0 Å². The topological polar surface area (TPSA) is 60.7 Å². The van der Waals surface area contributed by atoms with E-state index in [1.807, 2.05) is 18.2 Å². The van der Waals surface area contributed by atoms with Gasteiger partial charge in [-0.1, -0.05) is 86.7 Å². The Kier molecular flexibility index (Phi) is 15.8. The summed E-state index contributed by atoms with van der Waals surface area (Å²) in [6.45, 7) is 0. The summed E-state index contributed by atoms with van der Waals surface area (Å²) in [5.41, 5.74) is 0. The molecule has 0 unspecified atom stereocenters. The van der Waals surface area contributed by atoms with Crippen LogP contribution in [0, 0.1) is 0 Å². The van der Waals surface area contributed by atoms with Gasteiger partial charge in [0.25, 0.3) is 0 Å². The van der Waals surface area contributed by atoms with Gasteiger partial charge in [-0.15, -0.1) is 0 Å². The average molecular weight is 400 g/mol. The van der Waals surface area contributed by atoms with E-state index in [1.165, 1.54) is 32.1 Å². The number of rotatable bonds is 0. The first-order valence-corrected chi connectivity index (χ1v) is 8.90. The van der Waals surface area contributed by atoms with Crippen molar-refractivity contribution >= 4 is 0 Å². The molecule has 1 aliphatic rings. The summed E-state index contributed by atoms with van der Waals surface area (Å²) in [4.78, 5) is 0. The Bertz CT molecular complexity index is 560. The maximum absolute atomic E-state index is 8.63. The van der Waals surface area contributed by atoms with Crippen molar-refractivity contribution in [1.82, 2.24) is 0 Å². The minimum absolute atomic E-state index is 0. The molecule has 27 heavy (non-hydrogen) atoms. The molecule has 0 bridgehead atoms. The standard InChI is InChI=1S/3C6H6O.C5H10.Ti/c3*7-6-4-2-1-3-5-6;1-2-4-5-3-1;/h3*1-5,7H;1-5H2;. The normalized spacial score (nSPS) is 11.1. The van der Waals surface area contributed by atoms with Crippen LogP contribution in [-0.2, 0) is 21.7 Å². The molecule has 0 aliphatic heterocycles. The number of para-hydroxylation sites is 3. The van der Waals surface area contributed by atoms with E-state index >= 15 is 0 Å². The van der Waals surface area contributed by atoms with Crippen LogP contribution in [0.2, 0.25) is 0 Å². The van der Waals surface area contributed by atoms with Crippen LogP contribution in [0.4, 0.5) is 0 Å². The minimum Gasteiger partial charge on any atom is -0.508 e. The van der Waals surface area contributed by atoms with Crippen molar-refractivity contribution in [2.75, 3.05) is 0 Å². The first-order chi connectivity index (χ1) is 12.7. The zero-order valence-electron chi connectivity index (χ0n) is 15.5. The molecule has 0 saturated heterocycles. The third-order valence-corrected chi connectivity index (χ3v) is 3.52. The predicted octanol–water partition coefficient (Wildman–Crippen LogP) is 6.12. The number of benzene rings is 3. The quantitative estimate of drug-likeness (QED) is 0.398.